The number of Topliss-reactive ketones (excluding diaryl/α,β-unsaturated/α-hetero) is 1. The maximum absolute atomic E-state index is 13.7. The number of benzene rings is 3. The number of rotatable bonds is 9. The predicted octanol–water partition coefficient (Wildman–Crippen LogP) is 6.27. The normalized spacial score (nSPS) is 17.6. The van der Waals surface area contributed by atoms with Crippen LogP contribution in [0, 0.1) is 0 Å². The van der Waals surface area contributed by atoms with Crippen LogP contribution < -0.4 is 23.8 Å². The van der Waals surface area contributed by atoms with E-state index in [1.165, 1.54) is 16.2 Å². The monoisotopic (exact) mass is 586 g/mol. The number of nitrogens with zero attached hydrogens (tertiary/aromatic N) is 2. The SMILES string of the molecule is CCCCOc1cccc(C2/C(=C(\O)c3ccc4c(c3)OCCO4)C(=O)C(=O)N2c2nc3ccc(OCC)cc3s2)c1. The third-order valence-corrected chi connectivity index (χ3v) is 8.08. The number of amides is 1. The van der Waals surface area contributed by atoms with Gasteiger partial charge in [-0.05, 0) is 67.4 Å². The summed E-state index contributed by atoms with van der Waals surface area (Å²) in [6, 6.07) is 16.8. The van der Waals surface area contributed by atoms with Crippen molar-refractivity contribution in [2.45, 2.75) is 32.7 Å². The lowest BCUT2D eigenvalue weighted by Crippen LogP contribution is -2.29. The Morgan fingerprint density at radius 3 is 2.62 bits per heavy atom. The third kappa shape index (κ3) is 5.14. The largest absolute Gasteiger partial charge is 0.507 e. The van der Waals surface area contributed by atoms with Crippen molar-refractivity contribution in [3.8, 4) is 23.0 Å². The number of aliphatic hydroxyl groups is 1. The lowest BCUT2D eigenvalue weighted by atomic mass is 9.95. The number of carbonyl (C=O) groups is 2. The second-order valence-electron chi connectivity index (χ2n) is 9.86. The molecule has 6 rings (SSSR count). The lowest BCUT2D eigenvalue weighted by Gasteiger charge is -2.24. The lowest BCUT2D eigenvalue weighted by molar-refractivity contribution is -0.132. The average Bonchev–Trinajstić information content (AvgIpc) is 3.54. The zero-order chi connectivity index (χ0) is 29.2. The Balaban J connectivity index is 1.49. The Morgan fingerprint density at radius 1 is 1.00 bits per heavy atom. The van der Waals surface area contributed by atoms with Crippen LogP contribution in [-0.2, 0) is 9.59 Å². The molecule has 1 atom stereocenters. The van der Waals surface area contributed by atoms with Crippen molar-refractivity contribution in [3.05, 3.63) is 77.4 Å². The van der Waals surface area contributed by atoms with E-state index >= 15 is 0 Å². The molecule has 42 heavy (non-hydrogen) atoms. The Morgan fingerprint density at radius 2 is 1.81 bits per heavy atom. The molecule has 0 aliphatic carbocycles. The summed E-state index contributed by atoms with van der Waals surface area (Å²) in [6.07, 6.45) is 1.88. The number of ether oxygens (including phenoxy) is 4. The van der Waals surface area contributed by atoms with Gasteiger partial charge in [0.15, 0.2) is 16.6 Å². The number of fused-ring (bicyclic) bond motifs is 2. The van der Waals surface area contributed by atoms with E-state index in [0.717, 1.165) is 17.5 Å². The summed E-state index contributed by atoms with van der Waals surface area (Å²) in [5.74, 6) is 0.409. The van der Waals surface area contributed by atoms with Crippen molar-refractivity contribution in [3.63, 3.8) is 0 Å². The van der Waals surface area contributed by atoms with Crippen LogP contribution in [-0.4, -0.2) is 48.2 Å². The van der Waals surface area contributed by atoms with Crippen LogP contribution in [0.15, 0.2) is 66.2 Å². The van der Waals surface area contributed by atoms with Crippen molar-refractivity contribution < 1.29 is 33.6 Å². The number of aliphatic hydroxyl groups excluding tert-OH is 1. The molecule has 2 aliphatic heterocycles. The number of thiazole rings is 1. The molecule has 3 aromatic carbocycles. The standard InChI is InChI=1S/C32H30N2O7S/c1-3-5-13-39-21-8-6-7-19(16-21)28-27(29(35)20-9-12-24-25(17-20)41-15-14-40-24)30(36)31(37)34(28)32-33-23-11-10-22(38-4-2)18-26(23)42-32/h6-12,16-18,28,35H,3-5,13-15H2,1-2H3/b29-27+. The molecule has 1 aromatic heterocycles. The molecular formula is C32H30N2O7S. The zero-order valence-electron chi connectivity index (χ0n) is 23.3. The van der Waals surface area contributed by atoms with Gasteiger partial charge in [-0.3, -0.25) is 14.5 Å². The minimum atomic E-state index is -0.945. The van der Waals surface area contributed by atoms with Gasteiger partial charge in [0.05, 0.1) is 35.0 Å². The Bertz CT molecular complexity index is 1700. The highest BCUT2D eigenvalue weighted by molar-refractivity contribution is 7.22. The van der Waals surface area contributed by atoms with E-state index in [-0.39, 0.29) is 11.3 Å². The molecule has 10 heteroatoms. The van der Waals surface area contributed by atoms with Gasteiger partial charge in [0.1, 0.15) is 30.5 Å². The maximum atomic E-state index is 13.7. The number of carbonyl (C=O) groups excluding carboxylic acids is 2. The van der Waals surface area contributed by atoms with E-state index in [4.69, 9.17) is 23.9 Å². The Labute approximate surface area is 246 Å². The highest BCUT2D eigenvalue weighted by Crippen LogP contribution is 2.46. The van der Waals surface area contributed by atoms with Gasteiger partial charge >= 0.3 is 5.91 Å². The van der Waals surface area contributed by atoms with Crippen LogP contribution in [0.4, 0.5) is 5.13 Å². The average molecular weight is 587 g/mol. The summed E-state index contributed by atoms with van der Waals surface area (Å²) in [6.45, 7) is 5.84. The highest BCUT2D eigenvalue weighted by Gasteiger charge is 2.48. The zero-order valence-corrected chi connectivity index (χ0v) is 24.1. The van der Waals surface area contributed by atoms with Crippen LogP contribution in [0.3, 0.4) is 0 Å². The van der Waals surface area contributed by atoms with Gasteiger partial charge in [0.2, 0.25) is 0 Å². The molecule has 1 N–H and O–H groups in total. The molecule has 1 amide bonds. The number of ketones is 1. The van der Waals surface area contributed by atoms with Crippen LogP contribution in [0.2, 0.25) is 0 Å². The van der Waals surface area contributed by atoms with E-state index in [2.05, 4.69) is 6.92 Å². The third-order valence-electron chi connectivity index (χ3n) is 7.07. The number of unbranched alkanes of at least 4 members (excludes halogenated alkanes) is 1. The molecule has 1 unspecified atom stereocenters. The van der Waals surface area contributed by atoms with Crippen LogP contribution in [0.1, 0.15) is 43.9 Å². The molecular weight excluding hydrogens is 556 g/mol. The van der Waals surface area contributed by atoms with Crippen molar-refractivity contribution in [2.75, 3.05) is 31.3 Å². The van der Waals surface area contributed by atoms with Crippen molar-refractivity contribution in [2.24, 2.45) is 0 Å². The summed E-state index contributed by atoms with van der Waals surface area (Å²) >= 11 is 1.28. The summed E-state index contributed by atoms with van der Waals surface area (Å²) < 4.78 is 23.7. The van der Waals surface area contributed by atoms with Gasteiger partial charge in [-0.1, -0.05) is 36.8 Å². The fourth-order valence-electron chi connectivity index (χ4n) is 5.05. The number of hydrogen-bond donors (Lipinski definition) is 1. The molecule has 0 spiro atoms. The Kier molecular flexibility index (Phi) is 7.71. The molecule has 9 nitrogen and oxygen atoms in total. The summed E-state index contributed by atoms with van der Waals surface area (Å²) in [4.78, 5) is 33.5. The molecule has 4 aromatic rings. The quantitative estimate of drug-likeness (QED) is 0.106. The second-order valence-corrected chi connectivity index (χ2v) is 10.9. The minimum absolute atomic E-state index is 0.0448. The van der Waals surface area contributed by atoms with E-state index in [1.54, 1.807) is 24.3 Å². The molecule has 3 heterocycles. The van der Waals surface area contributed by atoms with Crippen LogP contribution >= 0.6 is 11.3 Å². The molecule has 1 saturated heterocycles. The second kappa shape index (κ2) is 11.7. The van der Waals surface area contributed by atoms with Crippen LogP contribution in [0.25, 0.3) is 16.0 Å². The van der Waals surface area contributed by atoms with E-state index in [1.807, 2.05) is 43.3 Å². The summed E-state index contributed by atoms with van der Waals surface area (Å²) in [5, 5.41) is 11.9. The van der Waals surface area contributed by atoms with Gasteiger partial charge in [-0.2, -0.15) is 0 Å². The van der Waals surface area contributed by atoms with Crippen LogP contribution in [0.5, 0.6) is 23.0 Å². The molecule has 2 aliphatic rings. The first-order valence-electron chi connectivity index (χ1n) is 14.0. The molecule has 0 bridgehead atoms. The molecule has 0 radical (unpaired) electrons. The first kappa shape index (κ1) is 27.6. The van der Waals surface area contributed by atoms with Gasteiger partial charge in [0, 0.05) is 5.56 Å². The van der Waals surface area contributed by atoms with Crippen molar-refractivity contribution >= 4 is 44.1 Å². The fraction of sp³-hybridized carbons (Fsp3) is 0.281. The van der Waals surface area contributed by atoms with Gasteiger partial charge in [-0.15, -0.1) is 0 Å². The number of aromatic nitrogens is 1. The first-order valence-corrected chi connectivity index (χ1v) is 14.8. The predicted molar refractivity (Wildman–Crippen MR) is 160 cm³/mol. The number of hydrogen-bond acceptors (Lipinski definition) is 9. The summed E-state index contributed by atoms with van der Waals surface area (Å²) in [5.41, 5.74) is 1.57. The highest BCUT2D eigenvalue weighted by atomic mass is 32.1. The van der Waals surface area contributed by atoms with Gasteiger partial charge in [0.25, 0.3) is 5.78 Å². The molecule has 0 saturated carbocycles. The minimum Gasteiger partial charge on any atom is -0.507 e. The number of anilines is 1. The van der Waals surface area contributed by atoms with Gasteiger partial charge < -0.3 is 24.1 Å². The molecule has 1 fully saturated rings. The topological polar surface area (TPSA) is 107 Å². The van der Waals surface area contributed by atoms with E-state index in [0.29, 0.717) is 71.2 Å². The van der Waals surface area contributed by atoms with Crippen molar-refractivity contribution in [1.29, 1.82) is 0 Å². The summed E-state index contributed by atoms with van der Waals surface area (Å²) in [7, 11) is 0. The first-order chi connectivity index (χ1) is 20.5. The van der Waals surface area contributed by atoms with Crippen molar-refractivity contribution in [1.82, 2.24) is 4.98 Å². The fourth-order valence-corrected chi connectivity index (χ4v) is 6.07. The smallest absolute Gasteiger partial charge is 0.301 e. The van der Waals surface area contributed by atoms with E-state index in [9.17, 15) is 14.7 Å². The van der Waals surface area contributed by atoms with E-state index < -0.39 is 17.7 Å². The van der Waals surface area contributed by atoms with Gasteiger partial charge in [-0.25, -0.2) is 4.98 Å². The Hall–Kier alpha value is -4.57. The molecule has 216 valence electrons. The maximum Gasteiger partial charge on any atom is 0.301 e.